The number of carbonyl (C=O) groups is 1. The van der Waals surface area contributed by atoms with Gasteiger partial charge in [0.2, 0.25) is 0 Å². The Kier molecular flexibility index (Phi) is 7.33. The summed E-state index contributed by atoms with van der Waals surface area (Å²) in [6.07, 6.45) is 0.775. The molecule has 2 N–H and O–H groups in total. The van der Waals surface area contributed by atoms with Crippen LogP contribution in [0.4, 0.5) is 4.79 Å². The Labute approximate surface area is 78.0 Å². The monoisotopic (exact) mass is 191 g/mol. The maximum Gasteiger partial charge on any atom is 0.431 e. The molecule has 1 atom stereocenters. The quantitative estimate of drug-likeness (QED) is 0.482. The van der Waals surface area contributed by atoms with Crippen molar-refractivity contribution in [3.05, 3.63) is 0 Å². The van der Waals surface area contributed by atoms with Crippen molar-refractivity contribution in [2.75, 3.05) is 13.2 Å². The molecule has 0 bridgehead atoms. The van der Waals surface area contributed by atoms with Gasteiger partial charge in [0.25, 0.3) is 0 Å². The molecule has 0 saturated carbocycles. The van der Waals surface area contributed by atoms with E-state index in [4.69, 9.17) is 14.7 Å². The molecule has 0 fully saturated rings. The van der Waals surface area contributed by atoms with Crippen molar-refractivity contribution in [1.82, 2.24) is 5.48 Å². The zero-order chi connectivity index (χ0) is 10.1. The van der Waals surface area contributed by atoms with E-state index in [2.05, 4.69) is 5.48 Å². The minimum atomic E-state index is -0.617. The van der Waals surface area contributed by atoms with E-state index in [-0.39, 0.29) is 6.61 Å². The molecule has 5 nitrogen and oxygen atoms in total. The Morgan fingerprint density at radius 1 is 1.62 bits per heavy atom. The first-order valence-corrected chi connectivity index (χ1v) is 4.40. The van der Waals surface area contributed by atoms with Crippen molar-refractivity contribution in [1.29, 1.82) is 0 Å². The fraction of sp³-hybridized carbons (Fsp3) is 0.875. The van der Waals surface area contributed by atoms with E-state index >= 15 is 0 Å². The minimum Gasteiger partial charge on any atom is -0.448 e. The van der Waals surface area contributed by atoms with Gasteiger partial charge < -0.3 is 9.84 Å². The zero-order valence-corrected chi connectivity index (χ0v) is 8.08. The van der Waals surface area contributed by atoms with E-state index in [1.165, 1.54) is 0 Å². The number of aliphatic hydroxyl groups excluding tert-OH is 1. The van der Waals surface area contributed by atoms with Gasteiger partial charge in [0.15, 0.2) is 0 Å². The van der Waals surface area contributed by atoms with Crippen LogP contribution in [0.5, 0.6) is 0 Å². The molecule has 1 amide bonds. The third kappa shape index (κ3) is 7.55. The van der Waals surface area contributed by atoms with Gasteiger partial charge in [-0.3, -0.25) is 4.84 Å². The first kappa shape index (κ1) is 12.2. The van der Waals surface area contributed by atoms with E-state index < -0.39 is 12.2 Å². The first-order chi connectivity index (χ1) is 6.20. The maximum atomic E-state index is 10.8. The van der Waals surface area contributed by atoms with Gasteiger partial charge in [0.05, 0.1) is 13.2 Å². The number of hydrogen-bond donors (Lipinski definition) is 2. The van der Waals surface area contributed by atoms with E-state index in [9.17, 15) is 4.79 Å². The fourth-order valence-electron chi connectivity index (χ4n) is 0.525. The van der Waals surface area contributed by atoms with E-state index in [0.717, 1.165) is 12.8 Å². The van der Waals surface area contributed by atoms with E-state index in [0.29, 0.717) is 6.61 Å². The number of unbranched alkanes of at least 4 members (excludes halogenated alkanes) is 1. The molecule has 5 heteroatoms. The summed E-state index contributed by atoms with van der Waals surface area (Å²) in [5.74, 6) is 0. The molecule has 0 aromatic heterocycles. The predicted octanol–water partition coefficient (Wildman–Crippen LogP) is 0.825. The second kappa shape index (κ2) is 7.82. The number of carbonyl (C=O) groups excluding carboxylic acids is 1. The highest BCUT2D eigenvalue weighted by Crippen LogP contribution is 1.89. The van der Waals surface area contributed by atoms with Crippen LogP contribution in [-0.4, -0.2) is 30.5 Å². The van der Waals surface area contributed by atoms with Crippen LogP contribution in [0.25, 0.3) is 0 Å². The predicted molar refractivity (Wildman–Crippen MR) is 47.0 cm³/mol. The molecule has 0 aromatic rings. The Morgan fingerprint density at radius 2 is 2.31 bits per heavy atom. The van der Waals surface area contributed by atoms with Gasteiger partial charge in [-0.1, -0.05) is 13.3 Å². The summed E-state index contributed by atoms with van der Waals surface area (Å²) in [6, 6.07) is 0. The Morgan fingerprint density at radius 3 is 2.85 bits per heavy atom. The van der Waals surface area contributed by atoms with Gasteiger partial charge in [-0.15, -0.1) is 0 Å². The summed E-state index contributed by atoms with van der Waals surface area (Å²) in [5.41, 5.74) is 2.07. The van der Waals surface area contributed by atoms with Crippen molar-refractivity contribution in [3.8, 4) is 0 Å². The largest absolute Gasteiger partial charge is 0.448 e. The van der Waals surface area contributed by atoms with Crippen molar-refractivity contribution in [3.63, 3.8) is 0 Å². The smallest absolute Gasteiger partial charge is 0.431 e. The van der Waals surface area contributed by atoms with Crippen LogP contribution >= 0.6 is 0 Å². The summed E-state index contributed by atoms with van der Waals surface area (Å²) < 4.78 is 4.72. The Hall–Kier alpha value is -0.810. The molecule has 78 valence electrons. The number of amides is 1. The van der Waals surface area contributed by atoms with Gasteiger partial charge in [-0.2, -0.15) is 5.48 Å². The number of hydroxylamine groups is 1. The van der Waals surface area contributed by atoms with E-state index in [1.807, 2.05) is 6.92 Å². The van der Waals surface area contributed by atoms with Crippen molar-refractivity contribution < 1.29 is 19.5 Å². The summed E-state index contributed by atoms with van der Waals surface area (Å²) in [7, 11) is 0. The summed E-state index contributed by atoms with van der Waals surface area (Å²) in [4.78, 5) is 15.5. The number of rotatable bonds is 6. The average molecular weight is 191 g/mol. The summed E-state index contributed by atoms with van der Waals surface area (Å²) in [5, 5.41) is 8.54. The lowest BCUT2D eigenvalue weighted by atomic mass is 10.4. The topological polar surface area (TPSA) is 67.8 Å². The number of nitrogens with one attached hydrogen (secondary N) is 1. The van der Waals surface area contributed by atoms with Crippen LogP contribution in [0.1, 0.15) is 26.7 Å². The molecule has 0 aliphatic rings. The standard InChI is InChI=1S/C8H17NO4/c1-3-4-5-12-8(11)9-13-7(2)6-10/h7,10H,3-6H2,1-2H3,(H,9,11). The average Bonchev–Trinajstić information content (AvgIpc) is 2.14. The molecule has 0 aliphatic heterocycles. The first-order valence-electron chi connectivity index (χ1n) is 4.40. The molecule has 0 radical (unpaired) electrons. The van der Waals surface area contributed by atoms with Crippen LogP contribution in [0, 0.1) is 0 Å². The molecular formula is C8H17NO4. The minimum absolute atomic E-state index is 0.144. The van der Waals surface area contributed by atoms with Crippen LogP contribution in [-0.2, 0) is 9.57 Å². The van der Waals surface area contributed by atoms with E-state index in [1.54, 1.807) is 6.92 Å². The second-order valence-corrected chi connectivity index (χ2v) is 2.70. The lowest BCUT2D eigenvalue weighted by Gasteiger charge is -2.10. The van der Waals surface area contributed by atoms with Crippen LogP contribution in [0.3, 0.4) is 0 Å². The molecular weight excluding hydrogens is 174 g/mol. The van der Waals surface area contributed by atoms with Gasteiger partial charge in [-0.25, -0.2) is 4.79 Å². The summed E-state index contributed by atoms with van der Waals surface area (Å²) in [6.45, 7) is 3.88. The molecule has 0 aliphatic carbocycles. The number of ether oxygens (including phenoxy) is 1. The third-order valence-electron chi connectivity index (χ3n) is 1.33. The number of aliphatic hydroxyl groups is 1. The molecule has 1 unspecified atom stereocenters. The molecule has 0 rings (SSSR count). The molecule has 0 spiro atoms. The lowest BCUT2D eigenvalue weighted by Crippen LogP contribution is -2.30. The molecule has 13 heavy (non-hydrogen) atoms. The fourth-order valence-corrected chi connectivity index (χ4v) is 0.525. The lowest BCUT2D eigenvalue weighted by molar-refractivity contribution is -0.0375. The molecule has 0 saturated heterocycles. The van der Waals surface area contributed by atoms with Gasteiger partial charge in [0, 0.05) is 0 Å². The van der Waals surface area contributed by atoms with Crippen LogP contribution in [0.2, 0.25) is 0 Å². The Balaban J connectivity index is 3.30. The highest BCUT2D eigenvalue weighted by atomic mass is 16.7. The zero-order valence-electron chi connectivity index (χ0n) is 8.08. The SMILES string of the molecule is CCCCOC(=O)NOC(C)CO. The molecule has 0 heterocycles. The van der Waals surface area contributed by atoms with Crippen molar-refractivity contribution in [2.24, 2.45) is 0 Å². The van der Waals surface area contributed by atoms with Crippen molar-refractivity contribution in [2.45, 2.75) is 32.8 Å². The molecule has 0 aromatic carbocycles. The van der Waals surface area contributed by atoms with Gasteiger partial charge in [0.1, 0.15) is 6.10 Å². The Bertz CT molecular complexity index is 140. The maximum absolute atomic E-state index is 10.8. The van der Waals surface area contributed by atoms with Gasteiger partial charge >= 0.3 is 6.09 Å². The van der Waals surface area contributed by atoms with Gasteiger partial charge in [-0.05, 0) is 13.3 Å². The van der Waals surface area contributed by atoms with Crippen LogP contribution < -0.4 is 5.48 Å². The third-order valence-corrected chi connectivity index (χ3v) is 1.33. The normalized spacial score (nSPS) is 12.2. The number of hydrogen-bond acceptors (Lipinski definition) is 4. The van der Waals surface area contributed by atoms with Crippen LogP contribution in [0.15, 0.2) is 0 Å². The summed E-state index contributed by atoms with van der Waals surface area (Å²) >= 11 is 0. The highest BCUT2D eigenvalue weighted by Gasteiger charge is 2.04. The second-order valence-electron chi connectivity index (χ2n) is 2.70. The van der Waals surface area contributed by atoms with Crippen molar-refractivity contribution >= 4 is 6.09 Å². The highest BCUT2D eigenvalue weighted by molar-refractivity contribution is 5.65.